The summed E-state index contributed by atoms with van der Waals surface area (Å²) < 4.78 is 118. The molecule has 8 nitrogen and oxygen atoms in total. The molecular weight excluding hydrogens is 462 g/mol. The van der Waals surface area contributed by atoms with Gasteiger partial charge in [0, 0.05) is 13.1 Å². The molecule has 0 bridgehead atoms. The molecule has 0 aromatic heterocycles. The maximum atomic E-state index is 10.7. The van der Waals surface area contributed by atoms with Crippen LogP contribution in [0.5, 0.6) is 0 Å². The average molecular weight is 478 g/mol. The molecule has 0 fully saturated rings. The molecule has 0 aromatic rings. The summed E-state index contributed by atoms with van der Waals surface area (Å²) in [6.45, 7) is 8.56. The average Bonchev–Trinajstić information content (AvgIpc) is 2.31. The molecule has 0 aliphatic rings. The van der Waals surface area contributed by atoms with Crippen LogP contribution >= 0.6 is 0 Å². The molecule has 0 unspecified atom stereocenters. The zero-order valence-electron chi connectivity index (χ0n) is 12.7. The van der Waals surface area contributed by atoms with E-state index in [-0.39, 0.29) is 17.1 Å². The Morgan fingerprint density at radius 3 is 0.960 bits per heavy atom. The Morgan fingerprint density at radius 2 is 0.880 bits per heavy atom. The predicted molar refractivity (Wildman–Crippen MR) is 68.6 cm³/mol. The standard InChI is InChI=1S/C6H16N2.2CHF3O3S.Cu/c1-3-7-5-6-8-4-2;2*2-1(3,4)8(5,6)7;/h7-8H,3-6H2,1-2H3;2*(H,5,6,7);/q;;;+2/p-2. The SMILES string of the molecule is CCNCCNCC.O=S(=O)([O-])C(F)(F)F.O=S(=O)([O-])C(F)(F)F.[Cu+2]. The summed E-state index contributed by atoms with van der Waals surface area (Å²) >= 11 is 0. The van der Waals surface area contributed by atoms with E-state index in [0.29, 0.717) is 0 Å². The van der Waals surface area contributed by atoms with Gasteiger partial charge in [-0.1, -0.05) is 13.8 Å². The van der Waals surface area contributed by atoms with E-state index in [1.807, 2.05) is 0 Å². The molecule has 159 valence electrons. The molecule has 0 aliphatic heterocycles. The number of hydrogen-bond donors (Lipinski definition) is 2. The van der Waals surface area contributed by atoms with Gasteiger partial charge in [0.15, 0.2) is 20.2 Å². The molecule has 0 amide bonds. The smallest absolute Gasteiger partial charge is 0.741 e. The minimum atomic E-state index is -6.09. The van der Waals surface area contributed by atoms with Crippen LogP contribution < -0.4 is 10.6 Å². The van der Waals surface area contributed by atoms with Crippen molar-refractivity contribution < 1.29 is 69.4 Å². The van der Waals surface area contributed by atoms with Gasteiger partial charge in [-0.3, -0.25) is 0 Å². The van der Waals surface area contributed by atoms with Crippen LogP contribution in [0.2, 0.25) is 0 Å². The number of alkyl halides is 6. The second-order valence-electron chi connectivity index (χ2n) is 3.51. The molecule has 2 N–H and O–H groups in total. The van der Waals surface area contributed by atoms with Crippen molar-refractivity contribution in [2.45, 2.75) is 24.9 Å². The molecule has 0 spiro atoms. The summed E-state index contributed by atoms with van der Waals surface area (Å²) in [4.78, 5) is 0. The quantitative estimate of drug-likeness (QED) is 0.189. The molecule has 0 aromatic carbocycles. The fourth-order valence-electron chi connectivity index (χ4n) is 0.530. The second kappa shape index (κ2) is 14.0. The fourth-order valence-corrected chi connectivity index (χ4v) is 0.530. The van der Waals surface area contributed by atoms with E-state index < -0.39 is 31.3 Å². The van der Waals surface area contributed by atoms with Gasteiger partial charge in [-0.15, -0.1) is 0 Å². The van der Waals surface area contributed by atoms with E-state index in [9.17, 15) is 26.3 Å². The minimum Gasteiger partial charge on any atom is -0.741 e. The largest absolute Gasteiger partial charge is 2.00 e. The van der Waals surface area contributed by atoms with E-state index in [2.05, 4.69) is 24.5 Å². The summed E-state index contributed by atoms with van der Waals surface area (Å²) in [5.41, 5.74) is -11.3. The van der Waals surface area contributed by atoms with E-state index in [1.165, 1.54) is 0 Å². The van der Waals surface area contributed by atoms with Crippen molar-refractivity contribution >= 4 is 20.2 Å². The van der Waals surface area contributed by atoms with Crippen molar-refractivity contribution in [3.63, 3.8) is 0 Å². The van der Waals surface area contributed by atoms with Crippen molar-refractivity contribution in [3.05, 3.63) is 0 Å². The molecule has 25 heavy (non-hydrogen) atoms. The van der Waals surface area contributed by atoms with Crippen molar-refractivity contribution in [1.82, 2.24) is 10.6 Å². The normalized spacial score (nSPS) is 12.1. The minimum absolute atomic E-state index is 0. The van der Waals surface area contributed by atoms with Crippen LogP contribution in [0.4, 0.5) is 26.3 Å². The van der Waals surface area contributed by atoms with Crippen LogP contribution in [0.15, 0.2) is 0 Å². The zero-order valence-corrected chi connectivity index (χ0v) is 15.2. The summed E-state index contributed by atoms with van der Waals surface area (Å²) in [6, 6.07) is 0. The van der Waals surface area contributed by atoms with Gasteiger partial charge in [-0.2, -0.15) is 26.3 Å². The van der Waals surface area contributed by atoms with Gasteiger partial charge in [0.2, 0.25) is 0 Å². The van der Waals surface area contributed by atoms with Crippen LogP contribution in [-0.4, -0.2) is 63.1 Å². The van der Waals surface area contributed by atoms with E-state index >= 15 is 0 Å². The number of hydrogen-bond acceptors (Lipinski definition) is 8. The number of nitrogens with one attached hydrogen (secondary N) is 2. The van der Waals surface area contributed by atoms with Gasteiger partial charge in [-0.25, -0.2) is 16.8 Å². The second-order valence-corrected chi connectivity index (χ2v) is 6.25. The van der Waals surface area contributed by atoms with E-state index in [1.54, 1.807) is 0 Å². The van der Waals surface area contributed by atoms with E-state index in [0.717, 1.165) is 26.2 Å². The Kier molecular flexibility index (Phi) is 18.2. The fraction of sp³-hybridized carbons (Fsp3) is 1.00. The molecular formula is C8H16CuF6N2O6S2. The van der Waals surface area contributed by atoms with Crippen LogP contribution in [-0.2, 0) is 37.3 Å². The van der Waals surface area contributed by atoms with Crippen LogP contribution in [0, 0.1) is 0 Å². The molecule has 1 radical (unpaired) electrons. The molecule has 0 atom stereocenters. The molecule has 0 saturated heterocycles. The first-order chi connectivity index (χ1) is 10.4. The Hall–Kier alpha value is -0.161. The van der Waals surface area contributed by atoms with Gasteiger partial charge in [-0.05, 0) is 13.1 Å². The third-order valence-corrected chi connectivity index (χ3v) is 2.68. The predicted octanol–water partition coefficient (Wildman–Crippen LogP) is 0.306. The Labute approximate surface area is 151 Å². The van der Waals surface area contributed by atoms with E-state index in [4.69, 9.17) is 25.9 Å². The Bertz CT molecular complexity index is 474. The molecule has 0 rings (SSSR count). The third kappa shape index (κ3) is 21.8. The van der Waals surface area contributed by atoms with Gasteiger partial charge >= 0.3 is 28.1 Å². The van der Waals surface area contributed by atoms with Gasteiger partial charge < -0.3 is 19.7 Å². The first-order valence-corrected chi connectivity index (χ1v) is 8.69. The topological polar surface area (TPSA) is 138 Å². The van der Waals surface area contributed by atoms with Gasteiger partial charge in [0.05, 0.1) is 0 Å². The summed E-state index contributed by atoms with van der Waals surface area (Å²) in [6.07, 6.45) is 0. The zero-order chi connectivity index (χ0) is 20.2. The van der Waals surface area contributed by atoms with Crippen LogP contribution in [0.1, 0.15) is 13.8 Å². The van der Waals surface area contributed by atoms with Gasteiger partial charge in [0.1, 0.15) is 0 Å². The third-order valence-electron chi connectivity index (χ3n) is 1.55. The summed E-state index contributed by atoms with van der Waals surface area (Å²) in [5.74, 6) is 0. The maximum Gasteiger partial charge on any atom is 2.00 e. The van der Waals surface area contributed by atoms with Crippen LogP contribution in [0.25, 0.3) is 0 Å². The molecule has 0 heterocycles. The Balaban J connectivity index is -0.000000130. The molecule has 17 heteroatoms. The van der Waals surface area contributed by atoms with Crippen molar-refractivity contribution in [2.75, 3.05) is 26.2 Å². The number of rotatable bonds is 5. The monoisotopic (exact) mass is 477 g/mol. The van der Waals surface area contributed by atoms with Crippen LogP contribution in [0.3, 0.4) is 0 Å². The van der Waals surface area contributed by atoms with Crippen molar-refractivity contribution in [1.29, 1.82) is 0 Å². The molecule has 0 aliphatic carbocycles. The van der Waals surface area contributed by atoms with Gasteiger partial charge in [0.25, 0.3) is 0 Å². The maximum absolute atomic E-state index is 10.7. The summed E-state index contributed by atoms with van der Waals surface area (Å²) in [5, 5.41) is 6.44. The Morgan fingerprint density at radius 1 is 0.720 bits per heavy atom. The van der Waals surface area contributed by atoms with Crippen molar-refractivity contribution in [3.8, 4) is 0 Å². The first-order valence-electron chi connectivity index (χ1n) is 5.87. The number of likely N-dealkylation sites (N-methyl/N-ethyl adjacent to an activating group) is 2. The van der Waals surface area contributed by atoms with Crippen molar-refractivity contribution in [2.24, 2.45) is 0 Å². The first kappa shape index (κ1) is 32.5. The molecule has 0 saturated carbocycles. The summed E-state index contributed by atoms with van der Waals surface area (Å²) in [7, 11) is -12.2. The number of halogens is 6.